The summed E-state index contributed by atoms with van der Waals surface area (Å²) in [5.74, 6) is 0.315. The van der Waals surface area contributed by atoms with Crippen LogP contribution in [0.3, 0.4) is 0 Å². The van der Waals surface area contributed by atoms with Gasteiger partial charge in [-0.25, -0.2) is 4.39 Å². The fourth-order valence-corrected chi connectivity index (χ4v) is 2.76. The molecular formula is C16H17FN2. The highest BCUT2D eigenvalue weighted by atomic mass is 19.1. The summed E-state index contributed by atoms with van der Waals surface area (Å²) in [6.45, 7) is 2.99. The van der Waals surface area contributed by atoms with E-state index in [0.717, 1.165) is 31.6 Å². The zero-order valence-electron chi connectivity index (χ0n) is 10.8. The van der Waals surface area contributed by atoms with Crippen LogP contribution in [0.15, 0.2) is 48.8 Å². The average molecular weight is 256 g/mol. The minimum Gasteiger partial charge on any atom is -0.298 e. The number of nitrogens with zero attached hydrogens (tertiary/aromatic N) is 2. The van der Waals surface area contributed by atoms with Gasteiger partial charge in [0.15, 0.2) is 0 Å². The first-order valence-electron chi connectivity index (χ1n) is 6.68. The van der Waals surface area contributed by atoms with E-state index in [1.54, 1.807) is 18.3 Å². The Morgan fingerprint density at radius 2 is 2.21 bits per heavy atom. The Bertz CT molecular complexity index is 541. The standard InChI is InChI=1S/C16H17FN2/c17-16-5-1-4-14(9-16)15-6-8-19(12-15)11-13-3-2-7-18-10-13/h1-5,7,9-10,15H,6,8,11-12H2. The highest BCUT2D eigenvalue weighted by molar-refractivity contribution is 5.22. The summed E-state index contributed by atoms with van der Waals surface area (Å²) >= 11 is 0. The van der Waals surface area contributed by atoms with Crippen molar-refractivity contribution in [3.63, 3.8) is 0 Å². The molecule has 2 nitrogen and oxygen atoms in total. The quantitative estimate of drug-likeness (QED) is 0.838. The molecule has 1 unspecified atom stereocenters. The maximum atomic E-state index is 13.2. The third-order valence-corrected chi connectivity index (χ3v) is 3.72. The first-order valence-corrected chi connectivity index (χ1v) is 6.68. The van der Waals surface area contributed by atoms with Gasteiger partial charge in [0.25, 0.3) is 0 Å². The fraction of sp³-hybridized carbons (Fsp3) is 0.312. The number of halogens is 1. The van der Waals surface area contributed by atoms with Crippen molar-refractivity contribution in [2.24, 2.45) is 0 Å². The lowest BCUT2D eigenvalue weighted by atomic mass is 9.98. The molecule has 0 amide bonds. The SMILES string of the molecule is Fc1cccc(C2CCN(Cc3cccnc3)C2)c1. The number of pyridine rings is 1. The second-order valence-corrected chi connectivity index (χ2v) is 5.14. The first kappa shape index (κ1) is 12.3. The molecule has 0 aliphatic carbocycles. The summed E-state index contributed by atoms with van der Waals surface area (Å²) in [6, 6.07) is 11.1. The number of hydrogen-bond donors (Lipinski definition) is 0. The van der Waals surface area contributed by atoms with Crippen LogP contribution in [0, 0.1) is 5.82 Å². The minimum absolute atomic E-state index is 0.136. The van der Waals surface area contributed by atoms with E-state index in [4.69, 9.17) is 0 Å². The normalized spacial score (nSPS) is 19.7. The second kappa shape index (κ2) is 5.49. The number of aromatic nitrogens is 1. The van der Waals surface area contributed by atoms with E-state index in [1.165, 1.54) is 11.6 Å². The molecule has 98 valence electrons. The zero-order chi connectivity index (χ0) is 13.1. The van der Waals surface area contributed by atoms with E-state index in [2.05, 4.69) is 16.0 Å². The van der Waals surface area contributed by atoms with Crippen LogP contribution in [0.1, 0.15) is 23.5 Å². The Balaban J connectivity index is 1.64. The third-order valence-electron chi connectivity index (χ3n) is 3.72. The molecule has 0 radical (unpaired) electrons. The molecule has 3 heteroatoms. The van der Waals surface area contributed by atoms with Crippen LogP contribution in [0.4, 0.5) is 4.39 Å². The van der Waals surface area contributed by atoms with E-state index in [1.807, 2.05) is 18.3 Å². The van der Waals surface area contributed by atoms with Crippen molar-refractivity contribution in [3.05, 3.63) is 65.7 Å². The van der Waals surface area contributed by atoms with Crippen LogP contribution in [0.25, 0.3) is 0 Å². The molecule has 3 rings (SSSR count). The third kappa shape index (κ3) is 2.99. The van der Waals surface area contributed by atoms with E-state index in [-0.39, 0.29) is 5.82 Å². The Morgan fingerprint density at radius 1 is 1.26 bits per heavy atom. The lowest BCUT2D eigenvalue weighted by molar-refractivity contribution is 0.326. The predicted molar refractivity (Wildman–Crippen MR) is 73.3 cm³/mol. The highest BCUT2D eigenvalue weighted by Crippen LogP contribution is 2.28. The van der Waals surface area contributed by atoms with Crippen molar-refractivity contribution in [1.29, 1.82) is 0 Å². The molecule has 19 heavy (non-hydrogen) atoms. The van der Waals surface area contributed by atoms with Gasteiger partial charge in [-0.1, -0.05) is 18.2 Å². The van der Waals surface area contributed by atoms with Gasteiger partial charge in [-0.2, -0.15) is 0 Å². The highest BCUT2D eigenvalue weighted by Gasteiger charge is 2.23. The Morgan fingerprint density at radius 3 is 3.00 bits per heavy atom. The maximum Gasteiger partial charge on any atom is 0.123 e. The molecule has 1 saturated heterocycles. The molecule has 1 atom stereocenters. The number of benzene rings is 1. The van der Waals surface area contributed by atoms with Crippen molar-refractivity contribution in [1.82, 2.24) is 9.88 Å². The van der Waals surface area contributed by atoms with Gasteiger partial charge < -0.3 is 0 Å². The van der Waals surface area contributed by atoms with Crippen LogP contribution in [0.5, 0.6) is 0 Å². The molecule has 0 saturated carbocycles. The number of likely N-dealkylation sites (tertiary alicyclic amines) is 1. The van der Waals surface area contributed by atoms with Crippen LogP contribution in [0.2, 0.25) is 0 Å². The largest absolute Gasteiger partial charge is 0.298 e. The van der Waals surface area contributed by atoms with Crippen LogP contribution in [-0.2, 0) is 6.54 Å². The van der Waals surface area contributed by atoms with E-state index >= 15 is 0 Å². The van der Waals surface area contributed by atoms with E-state index in [0.29, 0.717) is 5.92 Å². The summed E-state index contributed by atoms with van der Waals surface area (Å²) in [6.07, 6.45) is 4.81. The second-order valence-electron chi connectivity index (χ2n) is 5.14. The molecule has 0 spiro atoms. The lowest BCUT2D eigenvalue weighted by Crippen LogP contribution is -2.19. The predicted octanol–water partition coefficient (Wildman–Crippen LogP) is 3.21. The van der Waals surface area contributed by atoms with Gasteiger partial charge in [-0.05, 0) is 48.2 Å². The fourth-order valence-electron chi connectivity index (χ4n) is 2.76. The molecule has 2 heterocycles. The van der Waals surface area contributed by atoms with Gasteiger partial charge in [0, 0.05) is 25.5 Å². The summed E-state index contributed by atoms with van der Waals surface area (Å²) in [4.78, 5) is 6.55. The smallest absolute Gasteiger partial charge is 0.123 e. The van der Waals surface area contributed by atoms with Crippen molar-refractivity contribution in [2.75, 3.05) is 13.1 Å². The van der Waals surface area contributed by atoms with Gasteiger partial charge in [0.2, 0.25) is 0 Å². The Kier molecular flexibility index (Phi) is 3.56. The Labute approximate surface area is 112 Å². The Hall–Kier alpha value is -1.74. The summed E-state index contributed by atoms with van der Waals surface area (Å²) in [7, 11) is 0. The topological polar surface area (TPSA) is 16.1 Å². The van der Waals surface area contributed by atoms with Crippen molar-refractivity contribution in [2.45, 2.75) is 18.9 Å². The number of rotatable bonds is 3. The molecule has 1 fully saturated rings. The van der Waals surface area contributed by atoms with Gasteiger partial charge in [0.05, 0.1) is 0 Å². The van der Waals surface area contributed by atoms with Gasteiger partial charge in [0.1, 0.15) is 5.82 Å². The molecular weight excluding hydrogens is 239 g/mol. The average Bonchev–Trinajstić information content (AvgIpc) is 2.88. The molecule has 0 N–H and O–H groups in total. The van der Waals surface area contributed by atoms with Gasteiger partial charge in [-0.3, -0.25) is 9.88 Å². The molecule has 1 aromatic carbocycles. The van der Waals surface area contributed by atoms with E-state index in [9.17, 15) is 4.39 Å². The zero-order valence-corrected chi connectivity index (χ0v) is 10.8. The van der Waals surface area contributed by atoms with Gasteiger partial charge >= 0.3 is 0 Å². The molecule has 0 bridgehead atoms. The summed E-state index contributed by atoms with van der Waals surface area (Å²) < 4.78 is 13.2. The summed E-state index contributed by atoms with van der Waals surface area (Å²) in [5, 5.41) is 0. The lowest BCUT2D eigenvalue weighted by Gasteiger charge is -2.16. The van der Waals surface area contributed by atoms with Crippen LogP contribution < -0.4 is 0 Å². The van der Waals surface area contributed by atoms with Crippen LogP contribution in [-0.4, -0.2) is 23.0 Å². The van der Waals surface area contributed by atoms with Crippen LogP contribution >= 0.6 is 0 Å². The first-order chi connectivity index (χ1) is 9.31. The summed E-state index contributed by atoms with van der Waals surface area (Å²) in [5.41, 5.74) is 2.36. The molecule has 1 aliphatic rings. The molecule has 1 aliphatic heterocycles. The maximum absolute atomic E-state index is 13.2. The van der Waals surface area contributed by atoms with Crippen molar-refractivity contribution in [3.8, 4) is 0 Å². The van der Waals surface area contributed by atoms with E-state index < -0.39 is 0 Å². The minimum atomic E-state index is -0.136. The van der Waals surface area contributed by atoms with Crippen molar-refractivity contribution >= 4 is 0 Å². The molecule has 2 aromatic rings. The van der Waals surface area contributed by atoms with Crippen molar-refractivity contribution < 1.29 is 4.39 Å². The van der Waals surface area contributed by atoms with Gasteiger partial charge in [-0.15, -0.1) is 0 Å². The molecule has 1 aromatic heterocycles. The number of hydrogen-bond acceptors (Lipinski definition) is 2. The monoisotopic (exact) mass is 256 g/mol.